The van der Waals surface area contributed by atoms with Gasteiger partial charge in [-0.05, 0) is 66.8 Å². The fourth-order valence-corrected chi connectivity index (χ4v) is 5.87. The lowest BCUT2D eigenvalue weighted by Crippen LogP contribution is -2.52. The number of fused-ring (bicyclic) bond motifs is 1. The highest BCUT2D eigenvalue weighted by atomic mass is 16.5. The number of oxazole rings is 1. The summed E-state index contributed by atoms with van der Waals surface area (Å²) in [5.41, 5.74) is 3.94. The molecule has 1 aliphatic heterocycles. The molecule has 5 rings (SSSR count). The zero-order valence-electron chi connectivity index (χ0n) is 24.5. The van der Waals surface area contributed by atoms with Gasteiger partial charge in [0.25, 0.3) is 0 Å². The normalized spacial score (nSPS) is 19.1. The van der Waals surface area contributed by atoms with Crippen molar-refractivity contribution in [3.63, 3.8) is 0 Å². The highest BCUT2D eigenvalue weighted by molar-refractivity contribution is 5.77. The molecular weight excluding hydrogens is 520 g/mol. The Hall–Kier alpha value is -3.27. The highest BCUT2D eigenvalue weighted by Crippen LogP contribution is 2.48. The number of nitrogens with one attached hydrogen (secondary N) is 2. The van der Waals surface area contributed by atoms with Crippen molar-refractivity contribution in [2.75, 3.05) is 20.3 Å². The third-order valence-electron chi connectivity index (χ3n) is 7.92. The molecule has 3 N–H and O–H groups in total. The second-order valence-electron chi connectivity index (χ2n) is 12.7. The summed E-state index contributed by atoms with van der Waals surface area (Å²) in [7, 11) is 1.48. The Balaban J connectivity index is 1.33. The Bertz CT molecular complexity index is 1320. The number of aliphatic hydroxyl groups excluding tert-OH is 1. The minimum atomic E-state index is -0.851. The van der Waals surface area contributed by atoms with E-state index in [4.69, 9.17) is 18.9 Å². The van der Waals surface area contributed by atoms with E-state index >= 15 is 0 Å². The van der Waals surface area contributed by atoms with E-state index in [0.29, 0.717) is 24.7 Å². The molecule has 1 fully saturated rings. The van der Waals surface area contributed by atoms with Crippen LogP contribution in [0.1, 0.15) is 69.2 Å². The van der Waals surface area contributed by atoms with Gasteiger partial charge in [-0.3, -0.25) is 4.79 Å². The number of carbonyl (C=O) groups is 1. The van der Waals surface area contributed by atoms with Gasteiger partial charge in [0, 0.05) is 43.4 Å². The largest absolute Gasteiger partial charge is 0.471 e. The van der Waals surface area contributed by atoms with Crippen LogP contribution in [0.3, 0.4) is 0 Å². The first-order valence-corrected chi connectivity index (χ1v) is 14.5. The van der Waals surface area contributed by atoms with Crippen LogP contribution in [0.25, 0.3) is 11.5 Å². The van der Waals surface area contributed by atoms with Crippen LogP contribution >= 0.6 is 0 Å². The third-order valence-corrected chi connectivity index (χ3v) is 7.92. The van der Waals surface area contributed by atoms with E-state index in [0.717, 1.165) is 48.8 Å². The van der Waals surface area contributed by atoms with Crippen molar-refractivity contribution in [2.24, 2.45) is 5.41 Å². The van der Waals surface area contributed by atoms with E-state index in [2.05, 4.69) is 42.5 Å². The molecule has 3 heterocycles. The first kappa shape index (κ1) is 29.2. The van der Waals surface area contributed by atoms with Crippen LogP contribution < -0.4 is 15.4 Å². The number of carbonyl (C=O) groups excluding carboxylic acids is 1. The molecule has 9 heteroatoms. The standard InChI is InChI=1S/C32H42N4O5/c1-31(2,3)16-22-14-24-26(17-32(9-6-10-32)41-30(24)35-18-22)34-19-27(37)25(36-28(38)20-39-4)15-21-7-5-8-23(13-21)29-33-11-12-40-29/h5,7-8,11-14,18,25-27,34,37H,6,9-10,15-17,19-20H2,1-4H3,(H,36,38)/t25-,26-,27-/m0/s1. The van der Waals surface area contributed by atoms with Crippen molar-refractivity contribution in [3.8, 4) is 17.3 Å². The molecule has 9 nitrogen and oxygen atoms in total. The van der Waals surface area contributed by atoms with E-state index in [1.54, 1.807) is 6.20 Å². The molecular formula is C32H42N4O5. The SMILES string of the molecule is COCC(=O)N[C@@H](Cc1cccc(-c2ncco2)c1)[C@@H](O)CN[C@H]1CC2(CCC2)Oc2ncc(CC(C)(C)C)cc21. The van der Waals surface area contributed by atoms with Crippen LogP contribution in [0, 0.1) is 5.41 Å². The van der Waals surface area contributed by atoms with Gasteiger partial charge in [0.15, 0.2) is 0 Å². The Morgan fingerprint density at radius 3 is 2.73 bits per heavy atom. The van der Waals surface area contributed by atoms with Crippen LogP contribution in [0.15, 0.2) is 53.4 Å². The molecule has 1 spiro atoms. The smallest absolute Gasteiger partial charge is 0.246 e. The van der Waals surface area contributed by atoms with Crippen LogP contribution in [0.4, 0.5) is 0 Å². The van der Waals surface area contributed by atoms with Gasteiger partial charge in [0.1, 0.15) is 18.5 Å². The van der Waals surface area contributed by atoms with Crippen molar-refractivity contribution in [1.82, 2.24) is 20.6 Å². The second kappa shape index (κ2) is 12.3. The lowest BCUT2D eigenvalue weighted by atomic mass is 9.73. The number of aromatic nitrogens is 2. The van der Waals surface area contributed by atoms with Gasteiger partial charge in [0.2, 0.25) is 17.7 Å². The van der Waals surface area contributed by atoms with Gasteiger partial charge >= 0.3 is 0 Å². The van der Waals surface area contributed by atoms with Crippen LogP contribution in [0.5, 0.6) is 5.88 Å². The molecule has 1 saturated carbocycles. The fourth-order valence-electron chi connectivity index (χ4n) is 5.87. The summed E-state index contributed by atoms with van der Waals surface area (Å²) in [5, 5.41) is 18.0. The average Bonchev–Trinajstić information content (AvgIpc) is 3.45. The summed E-state index contributed by atoms with van der Waals surface area (Å²) < 4.78 is 16.9. The van der Waals surface area contributed by atoms with Crippen molar-refractivity contribution < 1.29 is 23.8 Å². The summed E-state index contributed by atoms with van der Waals surface area (Å²) in [4.78, 5) is 21.5. The quantitative estimate of drug-likeness (QED) is 0.315. The number of rotatable bonds is 11. The zero-order chi connectivity index (χ0) is 29.0. The topological polar surface area (TPSA) is 119 Å². The van der Waals surface area contributed by atoms with Gasteiger partial charge in [-0.15, -0.1) is 0 Å². The molecule has 0 radical (unpaired) electrons. The predicted molar refractivity (Wildman–Crippen MR) is 155 cm³/mol. The van der Waals surface area contributed by atoms with Crippen LogP contribution in [-0.2, 0) is 22.4 Å². The molecule has 0 bridgehead atoms. The molecule has 2 aromatic heterocycles. The summed E-state index contributed by atoms with van der Waals surface area (Å²) in [6.07, 6.45) is 9.55. The third kappa shape index (κ3) is 7.33. The Morgan fingerprint density at radius 2 is 2.05 bits per heavy atom. The van der Waals surface area contributed by atoms with E-state index in [9.17, 15) is 9.90 Å². The molecule has 0 saturated heterocycles. The molecule has 2 aliphatic rings. The number of ether oxygens (including phenoxy) is 2. The number of amides is 1. The van der Waals surface area contributed by atoms with Crippen molar-refractivity contribution in [2.45, 2.75) is 83.1 Å². The number of hydrogen-bond acceptors (Lipinski definition) is 8. The fraction of sp³-hybridized carbons (Fsp3) is 0.531. The number of hydrogen-bond donors (Lipinski definition) is 3. The molecule has 41 heavy (non-hydrogen) atoms. The first-order valence-electron chi connectivity index (χ1n) is 14.5. The van der Waals surface area contributed by atoms with Gasteiger partial charge in [0.05, 0.1) is 18.3 Å². The van der Waals surface area contributed by atoms with E-state index < -0.39 is 12.1 Å². The highest BCUT2D eigenvalue weighted by Gasteiger charge is 2.46. The predicted octanol–water partition coefficient (Wildman–Crippen LogP) is 4.40. The number of nitrogens with zero attached hydrogens (tertiary/aromatic N) is 2. The number of aliphatic hydroxyl groups is 1. The van der Waals surface area contributed by atoms with E-state index in [-0.39, 0.29) is 29.6 Å². The molecule has 0 unspecified atom stereocenters. The lowest BCUT2D eigenvalue weighted by Gasteiger charge is -2.47. The maximum atomic E-state index is 12.5. The zero-order valence-corrected chi connectivity index (χ0v) is 24.5. The minimum absolute atomic E-state index is 0.00944. The van der Waals surface area contributed by atoms with Crippen LogP contribution in [-0.4, -0.2) is 59.0 Å². The second-order valence-corrected chi connectivity index (χ2v) is 12.7. The Kier molecular flexibility index (Phi) is 8.77. The molecule has 1 aliphatic carbocycles. The Morgan fingerprint density at radius 1 is 1.22 bits per heavy atom. The van der Waals surface area contributed by atoms with Gasteiger partial charge in [-0.25, -0.2) is 9.97 Å². The van der Waals surface area contributed by atoms with E-state index in [1.807, 2.05) is 30.5 Å². The monoisotopic (exact) mass is 562 g/mol. The number of pyridine rings is 1. The van der Waals surface area contributed by atoms with Crippen molar-refractivity contribution >= 4 is 5.91 Å². The minimum Gasteiger partial charge on any atom is -0.471 e. The summed E-state index contributed by atoms with van der Waals surface area (Å²) in [5.74, 6) is 0.937. The van der Waals surface area contributed by atoms with Gasteiger partial charge < -0.3 is 29.6 Å². The van der Waals surface area contributed by atoms with Gasteiger partial charge in [-0.1, -0.05) is 32.9 Å². The van der Waals surface area contributed by atoms with Crippen molar-refractivity contribution in [3.05, 3.63) is 65.7 Å². The molecule has 1 amide bonds. The van der Waals surface area contributed by atoms with Gasteiger partial charge in [-0.2, -0.15) is 0 Å². The number of benzene rings is 1. The van der Waals surface area contributed by atoms with Crippen LogP contribution in [0.2, 0.25) is 0 Å². The maximum Gasteiger partial charge on any atom is 0.246 e. The maximum absolute atomic E-state index is 12.5. The lowest BCUT2D eigenvalue weighted by molar-refractivity contribution is -0.126. The summed E-state index contributed by atoms with van der Waals surface area (Å²) in [6.45, 7) is 6.87. The summed E-state index contributed by atoms with van der Waals surface area (Å²) in [6, 6.07) is 9.45. The molecule has 3 atom stereocenters. The summed E-state index contributed by atoms with van der Waals surface area (Å²) >= 11 is 0. The van der Waals surface area contributed by atoms with E-state index in [1.165, 1.54) is 18.9 Å². The van der Waals surface area contributed by atoms with Crippen molar-refractivity contribution in [1.29, 1.82) is 0 Å². The Labute approximate surface area is 242 Å². The molecule has 1 aromatic carbocycles. The first-order chi connectivity index (χ1) is 19.6. The molecule has 3 aromatic rings. The molecule has 220 valence electrons. The number of methoxy groups -OCH3 is 1. The average molecular weight is 563 g/mol.